The van der Waals surface area contributed by atoms with E-state index in [9.17, 15) is 20.8 Å². The third-order valence-electron chi connectivity index (χ3n) is 2.78. The molecule has 2 aromatic rings. The van der Waals surface area contributed by atoms with Crippen LogP contribution in [0.15, 0.2) is 66.7 Å². The first-order valence-corrected chi connectivity index (χ1v) is 11.6. The average Bonchev–Trinajstić information content (AvgIpc) is 2.50. The maximum atomic E-state index is 9.91. The Kier molecular flexibility index (Phi) is 6.29. The number of halogens is 6. The number of allylic oxidation sites excluding steroid dienone is 1. The first kappa shape index (κ1) is 21.0. The van der Waals surface area contributed by atoms with Gasteiger partial charge in [-0.25, -0.2) is 0 Å². The first-order valence-electron chi connectivity index (χ1n) is 7.30. The monoisotopic (exact) mass is 425 g/mol. The standard InChI is InChI=1S/C17H18N.AsF6/c1-2-18(17-13-7-4-8-14-17)15-9-12-16-10-5-3-6-11-16;2-1(3,4,5,6)7/h3-15H,2H2,1H3;/q+1;-1. The predicted octanol–water partition coefficient (Wildman–Crippen LogP) is 6.28. The van der Waals surface area contributed by atoms with Crippen molar-refractivity contribution >= 4 is 32.1 Å². The molecule has 0 fully saturated rings. The van der Waals surface area contributed by atoms with Crippen LogP contribution < -0.4 is 0 Å². The van der Waals surface area contributed by atoms with Gasteiger partial charge in [-0.05, 0) is 18.6 Å². The Morgan fingerprint density at radius 3 is 1.68 bits per heavy atom. The zero-order valence-corrected chi connectivity index (χ0v) is 15.3. The first-order chi connectivity index (χ1) is 11.3. The van der Waals surface area contributed by atoms with Crippen LogP contribution in [-0.2, 0) is 0 Å². The molecule has 138 valence electrons. The fourth-order valence-corrected chi connectivity index (χ4v) is 1.82. The van der Waals surface area contributed by atoms with Gasteiger partial charge in [-0.1, -0.05) is 48.5 Å². The summed E-state index contributed by atoms with van der Waals surface area (Å²) >= 11 is -11.1. The van der Waals surface area contributed by atoms with Crippen molar-refractivity contribution in [2.45, 2.75) is 6.92 Å². The Morgan fingerprint density at radius 2 is 1.24 bits per heavy atom. The second-order valence-corrected chi connectivity index (χ2v) is 9.02. The van der Waals surface area contributed by atoms with Gasteiger partial charge in [-0.3, -0.25) is 0 Å². The summed E-state index contributed by atoms with van der Waals surface area (Å²) in [6.07, 6.45) is 6.32. The second-order valence-electron chi connectivity index (χ2n) is 5.00. The molecule has 0 saturated heterocycles. The van der Waals surface area contributed by atoms with E-state index in [1.165, 1.54) is 11.3 Å². The number of hydrogen-bond donors (Lipinski definition) is 0. The van der Waals surface area contributed by atoms with Crippen LogP contribution >= 0.6 is 0 Å². The number of para-hydroxylation sites is 1. The third-order valence-corrected chi connectivity index (χ3v) is 2.78. The van der Waals surface area contributed by atoms with Crippen LogP contribution in [-0.4, -0.2) is 31.5 Å². The topological polar surface area (TPSA) is 3.01 Å². The van der Waals surface area contributed by atoms with Gasteiger partial charge >= 0.3 is 35.0 Å². The summed E-state index contributed by atoms with van der Waals surface area (Å²) in [5, 5.41) is 0. The van der Waals surface area contributed by atoms with Crippen LogP contribution in [0.3, 0.4) is 0 Å². The van der Waals surface area contributed by atoms with Crippen LogP contribution in [0.4, 0.5) is 26.5 Å². The van der Waals surface area contributed by atoms with Crippen LogP contribution in [0.2, 0.25) is 0 Å². The number of nitrogens with zero attached hydrogens (tertiary/aromatic N) is 1. The molecule has 2 rings (SSSR count). The Hall–Kier alpha value is -2.01. The van der Waals surface area contributed by atoms with Gasteiger partial charge in [0.15, 0.2) is 6.21 Å². The molecule has 0 heterocycles. The predicted molar refractivity (Wildman–Crippen MR) is 90.8 cm³/mol. The van der Waals surface area contributed by atoms with Crippen molar-refractivity contribution in [3.63, 3.8) is 0 Å². The molecule has 0 radical (unpaired) electrons. The van der Waals surface area contributed by atoms with E-state index in [4.69, 9.17) is 0 Å². The second kappa shape index (κ2) is 7.48. The van der Waals surface area contributed by atoms with E-state index in [2.05, 4.69) is 78.4 Å². The van der Waals surface area contributed by atoms with Crippen molar-refractivity contribution in [2.75, 3.05) is 6.54 Å². The third kappa shape index (κ3) is 13.0. The Labute approximate surface area is 143 Å². The Bertz CT molecular complexity index is 711. The van der Waals surface area contributed by atoms with E-state index in [-0.39, 0.29) is 0 Å². The van der Waals surface area contributed by atoms with Crippen LogP contribution in [0.5, 0.6) is 0 Å². The zero-order valence-electron chi connectivity index (χ0n) is 13.4. The summed E-state index contributed by atoms with van der Waals surface area (Å²) in [5.41, 5.74) is 2.44. The molecule has 1 nitrogen and oxygen atoms in total. The van der Waals surface area contributed by atoms with E-state index in [1.54, 1.807) is 0 Å². The maximum absolute atomic E-state index is 11.1. The molecule has 0 bridgehead atoms. The molecular weight excluding hydrogens is 407 g/mol. The molecule has 25 heavy (non-hydrogen) atoms. The molecule has 0 amide bonds. The molecule has 8 heteroatoms. The van der Waals surface area contributed by atoms with Gasteiger partial charge in [-0.2, -0.15) is 4.58 Å². The molecule has 0 spiro atoms. The van der Waals surface area contributed by atoms with E-state index in [0.717, 1.165) is 6.54 Å². The van der Waals surface area contributed by atoms with Gasteiger partial charge in [0.25, 0.3) is 0 Å². The van der Waals surface area contributed by atoms with Gasteiger partial charge in [-0.15, -0.1) is 0 Å². The van der Waals surface area contributed by atoms with E-state index in [0.29, 0.717) is 0 Å². The minimum absolute atomic E-state index is 0.961. The van der Waals surface area contributed by atoms with E-state index in [1.807, 2.05) is 12.1 Å². The summed E-state index contributed by atoms with van der Waals surface area (Å²) in [6.45, 7) is 3.11. The zero-order chi connectivity index (χ0) is 19.0. The van der Waals surface area contributed by atoms with Crippen molar-refractivity contribution in [1.29, 1.82) is 0 Å². The Balaban J connectivity index is 0.000000381. The van der Waals surface area contributed by atoms with Gasteiger partial charge < -0.3 is 0 Å². The summed E-state index contributed by atoms with van der Waals surface area (Å²) in [7, 11) is 0. The minimum atomic E-state index is -11.1. The fraction of sp³-hybridized carbons (Fsp3) is 0.118. The van der Waals surface area contributed by atoms with Crippen LogP contribution in [0.25, 0.3) is 6.08 Å². The quantitative estimate of drug-likeness (QED) is 0.235. The molecule has 0 aliphatic carbocycles. The molecular formula is C17H18AsF6N. The van der Waals surface area contributed by atoms with E-state index >= 15 is 0 Å². The fourth-order valence-electron chi connectivity index (χ4n) is 1.82. The summed E-state index contributed by atoms with van der Waals surface area (Å²) in [5.74, 6) is 0. The average molecular weight is 425 g/mol. The summed E-state index contributed by atoms with van der Waals surface area (Å²) in [6, 6.07) is 20.7. The molecule has 0 saturated carbocycles. The van der Waals surface area contributed by atoms with Gasteiger partial charge in [0, 0.05) is 18.2 Å². The normalized spacial score (nSPS) is 15.1. The molecule has 0 unspecified atom stereocenters. The molecule has 0 aliphatic heterocycles. The van der Waals surface area contributed by atoms with Gasteiger partial charge in [0.1, 0.15) is 6.54 Å². The molecule has 0 atom stereocenters. The molecule has 2 aromatic carbocycles. The summed E-state index contributed by atoms with van der Waals surface area (Å²) in [4.78, 5) is 0. The van der Waals surface area contributed by atoms with Crippen molar-refractivity contribution in [3.05, 3.63) is 72.3 Å². The van der Waals surface area contributed by atoms with Crippen LogP contribution in [0, 0.1) is 0 Å². The van der Waals surface area contributed by atoms with Crippen molar-refractivity contribution in [1.82, 2.24) is 0 Å². The number of benzene rings is 2. The van der Waals surface area contributed by atoms with Crippen LogP contribution in [0.1, 0.15) is 12.5 Å². The number of rotatable bonds is 4. The van der Waals surface area contributed by atoms with Gasteiger partial charge in [0.2, 0.25) is 5.69 Å². The Morgan fingerprint density at radius 1 is 0.800 bits per heavy atom. The van der Waals surface area contributed by atoms with Crippen molar-refractivity contribution in [3.8, 4) is 0 Å². The van der Waals surface area contributed by atoms with Crippen molar-refractivity contribution < 1.29 is 25.4 Å². The molecule has 0 aromatic heterocycles. The molecule has 0 aliphatic rings. The molecule has 0 N–H and O–H groups in total. The van der Waals surface area contributed by atoms with Crippen molar-refractivity contribution in [2.24, 2.45) is 0 Å². The SMILES string of the molecule is CC[N+](=CC=Cc1ccccc1)c1ccccc1.F[As-](F)(F)(F)(F)F. The van der Waals surface area contributed by atoms with Gasteiger partial charge in [0.05, 0.1) is 0 Å². The van der Waals surface area contributed by atoms with E-state index < -0.39 is 14.2 Å². The number of hydrogen-bond acceptors (Lipinski definition) is 0. The summed E-state index contributed by atoms with van der Waals surface area (Å²) < 4.78 is 61.7.